The quantitative estimate of drug-likeness (QED) is 0.692. The molecule has 3 rings (SSSR count). The van der Waals surface area contributed by atoms with E-state index in [9.17, 15) is 0 Å². The van der Waals surface area contributed by atoms with E-state index in [2.05, 4.69) is 42.7 Å². The van der Waals surface area contributed by atoms with Gasteiger partial charge in [0.1, 0.15) is 0 Å². The summed E-state index contributed by atoms with van der Waals surface area (Å²) in [6.45, 7) is 0. The Hall–Kier alpha value is -0.690. The third kappa shape index (κ3) is 1.53. The molecular weight excluding hydrogens is 200 g/mol. The zero-order valence-corrected chi connectivity index (χ0v) is 9.84. The van der Waals surface area contributed by atoms with Crippen LogP contribution < -0.4 is 0 Å². The molecule has 15 heavy (non-hydrogen) atoms. The summed E-state index contributed by atoms with van der Waals surface area (Å²) in [6, 6.07) is 0. The monoisotopic (exact) mass is 216 g/mol. The number of hydrogen-bond acceptors (Lipinski definition) is 1. The highest BCUT2D eigenvalue weighted by molar-refractivity contribution is 7.99. The summed E-state index contributed by atoms with van der Waals surface area (Å²) in [5.41, 5.74) is 3.32. The zero-order valence-electron chi connectivity index (χ0n) is 9.02. The average Bonchev–Trinajstić information content (AvgIpc) is 2.75. The molecule has 0 radical (unpaired) electrons. The van der Waals surface area contributed by atoms with Crippen LogP contribution in [0.15, 0.2) is 47.6 Å². The van der Waals surface area contributed by atoms with E-state index >= 15 is 0 Å². The van der Waals surface area contributed by atoms with E-state index in [4.69, 9.17) is 0 Å². The zero-order chi connectivity index (χ0) is 10.3. The summed E-state index contributed by atoms with van der Waals surface area (Å²) >= 11 is 2.04. The first kappa shape index (κ1) is 9.53. The third-order valence-corrected chi connectivity index (χ3v) is 4.81. The van der Waals surface area contributed by atoms with E-state index in [1.807, 2.05) is 11.8 Å². The first-order valence-electron chi connectivity index (χ1n) is 5.66. The first-order chi connectivity index (χ1) is 7.42. The topological polar surface area (TPSA) is 0 Å². The number of rotatable bonds is 3. The first-order valence-corrected chi connectivity index (χ1v) is 6.94. The lowest BCUT2D eigenvalue weighted by Gasteiger charge is -2.00. The van der Waals surface area contributed by atoms with E-state index in [1.54, 1.807) is 11.1 Å². The van der Waals surface area contributed by atoms with Crippen molar-refractivity contribution in [2.75, 3.05) is 6.26 Å². The van der Waals surface area contributed by atoms with Gasteiger partial charge in [-0.15, -0.1) is 0 Å². The minimum atomic E-state index is 0.834. The van der Waals surface area contributed by atoms with Crippen molar-refractivity contribution in [3.8, 4) is 0 Å². The van der Waals surface area contributed by atoms with Gasteiger partial charge in [-0.05, 0) is 19.1 Å². The lowest BCUT2D eigenvalue weighted by Crippen LogP contribution is -1.88. The van der Waals surface area contributed by atoms with Gasteiger partial charge in [-0.1, -0.05) is 47.6 Å². The molecule has 0 nitrogen and oxygen atoms in total. The van der Waals surface area contributed by atoms with Gasteiger partial charge >= 0.3 is 0 Å². The molecular formula is C14H16S. The lowest BCUT2D eigenvalue weighted by atomic mass is 10.0. The van der Waals surface area contributed by atoms with Gasteiger partial charge in [-0.25, -0.2) is 0 Å². The summed E-state index contributed by atoms with van der Waals surface area (Å²) in [7, 11) is 0. The Balaban J connectivity index is 1.75. The molecule has 0 aromatic rings. The van der Waals surface area contributed by atoms with Gasteiger partial charge < -0.3 is 0 Å². The second-order valence-corrected chi connectivity index (χ2v) is 5.52. The van der Waals surface area contributed by atoms with Crippen LogP contribution in [0.1, 0.15) is 12.8 Å². The molecule has 3 aliphatic rings. The van der Waals surface area contributed by atoms with Crippen LogP contribution in [-0.2, 0) is 0 Å². The maximum Gasteiger partial charge on any atom is 0.0188 e. The molecule has 0 aromatic heterocycles. The predicted octanol–water partition coefficient (Wildman–Crippen LogP) is 3.74. The van der Waals surface area contributed by atoms with Crippen LogP contribution in [0.25, 0.3) is 0 Å². The Kier molecular flexibility index (Phi) is 2.36. The van der Waals surface area contributed by atoms with E-state index in [0.717, 1.165) is 17.1 Å². The lowest BCUT2D eigenvalue weighted by molar-refractivity contribution is 0.846. The second kappa shape index (κ2) is 3.71. The largest absolute Gasteiger partial charge is 0.161 e. The Morgan fingerprint density at radius 1 is 1.00 bits per heavy atom. The normalized spacial score (nSPS) is 37.0. The van der Waals surface area contributed by atoms with E-state index < -0.39 is 0 Å². The molecule has 0 N–H and O–H groups in total. The molecule has 1 fully saturated rings. The minimum absolute atomic E-state index is 0.834. The Morgan fingerprint density at radius 3 is 1.87 bits per heavy atom. The fourth-order valence-electron chi connectivity index (χ4n) is 2.88. The predicted molar refractivity (Wildman–Crippen MR) is 68.0 cm³/mol. The molecule has 0 aromatic carbocycles. The van der Waals surface area contributed by atoms with Crippen molar-refractivity contribution in [1.82, 2.24) is 0 Å². The van der Waals surface area contributed by atoms with Crippen LogP contribution in [0.2, 0.25) is 0 Å². The summed E-state index contributed by atoms with van der Waals surface area (Å²) in [6.07, 6.45) is 18.3. The number of hydrogen-bond donors (Lipinski definition) is 0. The van der Waals surface area contributed by atoms with Gasteiger partial charge in [-0.3, -0.25) is 0 Å². The summed E-state index contributed by atoms with van der Waals surface area (Å²) in [5, 5.41) is 0.849. The van der Waals surface area contributed by atoms with Gasteiger partial charge in [0.2, 0.25) is 0 Å². The van der Waals surface area contributed by atoms with Crippen molar-refractivity contribution in [2.45, 2.75) is 18.1 Å². The SMILES string of the molecule is CSC1C(C2=CC=CC2)C1C1=CC=CC1. The molecule has 0 bridgehead atoms. The van der Waals surface area contributed by atoms with Crippen LogP contribution in [0, 0.1) is 11.8 Å². The van der Waals surface area contributed by atoms with Crippen molar-refractivity contribution < 1.29 is 0 Å². The van der Waals surface area contributed by atoms with Crippen LogP contribution in [0.4, 0.5) is 0 Å². The van der Waals surface area contributed by atoms with Gasteiger partial charge in [0.05, 0.1) is 0 Å². The van der Waals surface area contributed by atoms with Crippen molar-refractivity contribution in [3.63, 3.8) is 0 Å². The van der Waals surface area contributed by atoms with Gasteiger partial charge in [0.25, 0.3) is 0 Å². The molecule has 0 spiro atoms. The average molecular weight is 216 g/mol. The van der Waals surface area contributed by atoms with Gasteiger partial charge in [-0.2, -0.15) is 11.8 Å². The molecule has 1 saturated carbocycles. The fraction of sp³-hybridized carbons (Fsp3) is 0.429. The van der Waals surface area contributed by atoms with Crippen LogP contribution >= 0.6 is 11.8 Å². The molecule has 0 aliphatic heterocycles. The summed E-state index contributed by atoms with van der Waals surface area (Å²) in [5.74, 6) is 1.67. The highest BCUT2D eigenvalue weighted by Gasteiger charge is 2.52. The van der Waals surface area contributed by atoms with Crippen molar-refractivity contribution in [1.29, 1.82) is 0 Å². The molecule has 0 amide bonds. The maximum absolute atomic E-state index is 2.33. The smallest absolute Gasteiger partial charge is 0.0188 e. The van der Waals surface area contributed by atoms with Gasteiger partial charge in [0, 0.05) is 17.1 Å². The summed E-state index contributed by atoms with van der Waals surface area (Å²) in [4.78, 5) is 0. The van der Waals surface area contributed by atoms with Crippen molar-refractivity contribution >= 4 is 11.8 Å². The highest BCUT2D eigenvalue weighted by atomic mass is 32.2. The molecule has 3 aliphatic carbocycles. The van der Waals surface area contributed by atoms with Crippen molar-refractivity contribution in [3.05, 3.63) is 47.6 Å². The number of thioether (sulfide) groups is 1. The Morgan fingerprint density at radius 2 is 1.53 bits per heavy atom. The molecule has 78 valence electrons. The van der Waals surface area contributed by atoms with Crippen LogP contribution in [-0.4, -0.2) is 11.5 Å². The summed E-state index contributed by atoms with van der Waals surface area (Å²) < 4.78 is 0. The Bertz CT molecular complexity index is 348. The van der Waals surface area contributed by atoms with E-state index in [1.165, 1.54) is 12.8 Å². The van der Waals surface area contributed by atoms with E-state index in [-0.39, 0.29) is 0 Å². The molecule has 2 unspecified atom stereocenters. The van der Waals surface area contributed by atoms with Gasteiger partial charge in [0.15, 0.2) is 0 Å². The van der Waals surface area contributed by atoms with Crippen LogP contribution in [0.5, 0.6) is 0 Å². The maximum atomic E-state index is 2.33. The number of allylic oxidation sites excluding steroid dienone is 8. The van der Waals surface area contributed by atoms with E-state index in [0.29, 0.717) is 0 Å². The third-order valence-electron chi connectivity index (χ3n) is 3.68. The second-order valence-electron chi connectivity index (χ2n) is 4.50. The Labute approximate surface area is 95.8 Å². The molecule has 0 heterocycles. The highest BCUT2D eigenvalue weighted by Crippen LogP contribution is 2.57. The molecule has 0 saturated heterocycles. The fourth-order valence-corrected chi connectivity index (χ4v) is 4.07. The molecule has 1 heteroatoms. The minimum Gasteiger partial charge on any atom is -0.161 e. The van der Waals surface area contributed by atoms with Crippen molar-refractivity contribution in [2.24, 2.45) is 11.8 Å². The molecule has 2 atom stereocenters. The van der Waals surface area contributed by atoms with Crippen LogP contribution in [0.3, 0.4) is 0 Å². The standard InChI is InChI=1S/C14H16S/c1-15-14-12(10-6-2-3-7-10)13(14)11-8-4-5-9-11/h2-6,8,12-14H,7,9H2,1H3.